The summed E-state index contributed by atoms with van der Waals surface area (Å²) in [4.78, 5) is 31.9. The van der Waals surface area contributed by atoms with Crippen LogP contribution in [0.2, 0.25) is 0 Å². The number of aromatic nitrogens is 1. The fraction of sp³-hybridized carbons (Fsp3) is 0.429. The van der Waals surface area contributed by atoms with Crippen LogP contribution in [0.5, 0.6) is 5.75 Å². The molecule has 1 saturated carbocycles. The van der Waals surface area contributed by atoms with Crippen LogP contribution in [0.15, 0.2) is 59.9 Å². The predicted octanol–water partition coefficient (Wildman–Crippen LogP) is 5.80. The Kier molecular flexibility index (Phi) is 8.89. The average Bonchev–Trinajstić information content (AvgIpc) is 3.71. The van der Waals surface area contributed by atoms with E-state index in [0.717, 1.165) is 68.2 Å². The zero-order valence-electron chi connectivity index (χ0n) is 25.9. The molecule has 1 amide bonds. The van der Waals surface area contributed by atoms with Crippen molar-refractivity contribution >= 4 is 23.5 Å². The highest BCUT2D eigenvalue weighted by molar-refractivity contribution is 8.02. The van der Waals surface area contributed by atoms with Crippen molar-refractivity contribution in [3.05, 3.63) is 93.4 Å². The lowest BCUT2D eigenvalue weighted by Crippen LogP contribution is -2.35. The number of nitrogens with zero attached hydrogens (tertiary/aromatic N) is 2. The van der Waals surface area contributed by atoms with E-state index >= 15 is 0 Å². The number of amides is 1. The van der Waals surface area contributed by atoms with Gasteiger partial charge in [0.25, 0.3) is 11.5 Å². The molecule has 6 rings (SSSR count). The molecule has 1 atom stereocenters. The molecule has 2 aliphatic heterocycles. The van der Waals surface area contributed by atoms with Crippen LogP contribution in [0, 0.1) is 6.92 Å². The number of benzene rings is 2. The Morgan fingerprint density at radius 3 is 2.61 bits per heavy atom. The van der Waals surface area contributed by atoms with Gasteiger partial charge in [-0.3, -0.25) is 14.5 Å². The normalized spacial score (nSPS) is 19.0. The number of H-pyrrole nitrogens is 1. The lowest BCUT2D eigenvalue weighted by Gasteiger charge is -2.26. The summed E-state index contributed by atoms with van der Waals surface area (Å²) in [6.07, 6.45) is 5.35. The van der Waals surface area contributed by atoms with Gasteiger partial charge in [-0.15, -0.1) is 6.58 Å². The van der Waals surface area contributed by atoms with Gasteiger partial charge in [-0.25, -0.2) is 0 Å². The number of aryl methyl sites for hydroxylation is 1. The summed E-state index contributed by atoms with van der Waals surface area (Å²) in [6, 6.07) is 14.7. The zero-order valence-corrected chi connectivity index (χ0v) is 26.7. The summed E-state index contributed by atoms with van der Waals surface area (Å²) in [6.45, 7) is 13.3. The number of hydrogen-bond acceptors (Lipinski definition) is 7. The minimum Gasteiger partial charge on any atom is -0.496 e. The number of hydrogen-bond donors (Lipinski definition) is 2. The van der Waals surface area contributed by atoms with Crippen molar-refractivity contribution in [1.29, 1.82) is 0 Å². The van der Waals surface area contributed by atoms with E-state index in [1.807, 2.05) is 31.0 Å². The van der Waals surface area contributed by atoms with E-state index in [4.69, 9.17) is 9.47 Å². The van der Waals surface area contributed by atoms with Crippen LogP contribution in [0.1, 0.15) is 64.8 Å². The first-order valence-electron chi connectivity index (χ1n) is 15.5. The first kappa shape index (κ1) is 30.5. The molecule has 8 nitrogen and oxygen atoms in total. The number of allylic oxidation sites excluding steroid dienone is 1. The molecule has 44 heavy (non-hydrogen) atoms. The fourth-order valence-corrected chi connectivity index (χ4v) is 7.82. The predicted molar refractivity (Wildman–Crippen MR) is 178 cm³/mol. The molecule has 2 aromatic carbocycles. The van der Waals surface area contributed by atoms with Crippen molar-refractivity contribution in [1.82, 2.24) is 15.2 Å². The third kappa shape index (κ3) is 6.46. The quantitative estimate of drug-likeness (QED) is 0.209. The van der Waals surface area contributed by atoms with Crippen LogP contribution in [0.3, 0.4) is 0 Å². The molecule has 0 bridgehead atoms. The van der Waals surface area contributed by atoms with Gasteiger partial charge in [-0.1, -0.05) is 37.3 Å². The molecule has 3 aromatic rings. The van der Waals surface area contributed by atoms with Gasteiger partial charge in [-0.05, 0) is 78.6 Å². The lowest BCUT2D eigenvalue weighted by atomic mass is 9.92. The Morgan fingerprint density at radius 1 is 1.18 bits per heavy atom. The highest BCUT2D eigenvalue weighted by atomic mass is 32.2. The van der Waals surface area contributed by atoms with Crippen molar-refractivity contribution in [2.75, 3.05) is 44.3 Å². The maximum absolute atomic E-state index is 13.9. The first-order chi connectivity index (χ1) is 21.3. The van der Waals surface area contributed by atoms with E-state index in [1.165, 1.54) is 25.5 Å². The van der Waals surface area contributed by atoms with Crippen LogP contribution in [-0.2, 0) is 17.8 Å². The largest absolute Gasteiger partial charge is 0.496 e. The minimum atomic E-state index is -0.258. The lowest BCUT2D eigenvalue weighted by molar-refractivity contribution is 0.0342. The summed E-state index contributed by atoms with van der Waals surface area (Å²) in [7, 11) is 1.54. The molecule has 0 spiro atoms. The van der Waals surface area contributed by atoms with E-state index in [-0.39, 0.29) is 28.7 Å². The van der Waals surface area contributed by atoms with E-state index in [0.29, 0.717) is 22.6 Å². The van der Waals surface area contributed by atoms with Gasteiger partial charge in [0.2, 0.25) is 0 Å². The molecule has 9 heteroatoms. The van der Waals surface area contributed by atoms with Gasteiger partial charge < -0.3 is 24.1 Å². The molecule has 2 fully saturated rings. The zero-order chi connectivity index (χ0) is 30.8. The Morgan fingerprint density at radius 2 is 1.93 bits per heavy atom. The summed E-state index contributed by atoms with van der Waals surface area (Å²) in [5.74, 6) is 0.454. The molecule has 1 saturated heterocycles. The van der Waals surface area contributed by atoms with E-state index in [2.05, 4.69) is 63.3 Å². The van der Waals surface area contributed by atoms with Gasteiger partial charge >= 0.3 is 0 Å². The number of nitrogens with one attached hydrogen (secondary N) is 2. The second-order valence-corrected chi connectivity index (χ2v) is 13.8. The van der Waals surface area contributed by atoms with Gasteiger partial charge in [-0.2, -0.15) is 0 Å². The standard InChI is InChI=1S/C35H42N4O4S/c1-5-10-35(11-12-35)44-39-21-23(2)32-28(33(40)36-20-29-31(42-4)17-24(3)37-34(29)41)18-27(19-30(32)39)26-8-6-25(7-9-26)22-38-13-15-43-16-14-38/h5-9,17-19,23H,1,10-16,20-22H2,2-4H3,(H,36,40)(H,37,41). The molecule has 1 aromatic heterocycles. The van der Waals surface area contributed by atoms with Crippen molar-refractivity contribution in [2.45, 2.75) is 56.9 Å². The second kappa shape index (κ2) is 12.8. The van der Waals surface area contributed by atoms with Gasteiger partial charge in [0.15, 0.2) is 0 Å². The fourth-order valence-electron chi connectivity index (χ4n) is 6.33. The SMILES string of the molecule is C=CCC1(SN2CC(C)c3c(C(=O)NCc4c(OC)cc(C)[nH]c4=O)cc(-c4ccc(CN5CCOCC5)cc4)cc32)CC1. The highest BCUT2D eigenvalue weighted by Gasteiger charge is 2.46. The number of carbonyl (C=O) groups is 1. The number of aromatic amines is 1. The van der Waals surface area contributed by atoms with Crippen LogP contribution in [0.25, 0.3) is 11.1 Å². The summed E-state index contributed by atoms with van der Waals surface area (Å²) >= 11 is 1.91. The van der Waals surface area contributed by atoms with Crippen LogP contribution in [0.4, 0.5) is 5.69 Å². The summed E-state index contributed by atoms with van der Waals surface area (Å²) < 4.78 is 13.6. The minimum absolute atomic E-state index is 0.0716. The summed E-state index contributed by atoms with van der Waals surface area (Å²) in [5.41, 5.74) is 7.00. The third-order valence-corrected chi connectivity index (χ3v) is 10.4. The Labute approximate surface area is 264 Å². The number of pyridine rings is 1. The Bertz CT molecular complexity index is 1590. The molecular weight excluding hydrogens is 572 g/mol. The maximum atomic E-state index is 13.9. The van der Waals surface area contributed by atoms with Gasteiger partial charge in [0.05, 0.1) is 38.1 Å². The van der Waals surface area contributed by atoms with Gasteiger partial charge in [0.1, 0.15) is 5.75 Å². The van der Waals surface area contributed by atoms with Crippen LogP contribution >= 0.6 is 11.9 Å². The van der Waals surface area contributed by atoms with E-state index < -0.39 is 0 Å². The number of ether oxygens (including phenoxy) is 2. The molecule has 0 radical (unpaired) electrons. The third-order valence-electron chi connectivity index (χ3n) is 8.90. The van der Waals surface area contributed by atoms with Crippen LogP contribution < -0.4 is 19.9 Å². The summed E-state index contributed by atoms with van der Waals surface area (Å²) in [5, 5.41) is 3.04. The number of methoxy groups -OCH3 is 1. The second-order valence-electron chi connectivity index (χ2n) is 12.3. The maximum Gasteiger partial charge on any atom is 0.256 e. The van der Waals surface area contributed by atoms with E-state index in [9.17, 15) is 9.59 Å². The van der Waals surface area contributed by atoms with Crippen molar-refractivity contribution < 1.29 is 14.3 Å². The molecule has 1 unspecified atom stereocenters. The molecule has 1 aliphatic carbocycles. The number of anilines is 1. The monoisotopic (exact) mass is 614 g/mol. The van der Waals surface area contributed by atoms with Gasteiger partial charge in [0, 0.05) is 48.1 Å². The molecule has 232 valence electrons. The Balaban J connectivity index is 1.32. The highest BCUT2D eigenvalue weighted by Crippen LogP contribution is 2.56. The van der Waals surface area contributed by atoms with Crippen molar-refractivity contribution in [3.8, 4) is 16.9 Å². The number of rotatable bonds is 11. The molecule has 3 aliphatic rings. The average molecular weight is 615 g/mol. The van der Waals surface area contributed by atoms with Crippen LogP contribution in [-0.4, -0.2) is 60.5 Å². The smallest absolute Gasteiger partial charge is 0.256 e. The Hall–Kier alpha value is -3.53. The van der Waals surface area contributed by atoms with E-state index in [1.54, 1.807) is 6.07 Å². The van der Waals surface area contributed by atoms with Crippen molar-refractivity contribution in [3.63, 3.8) is 0 Å². The number of carbonyl (C=O) groups excluding carboxylic acids is 1. The topological polar surface area (TPSA) is 86.9 Å². The first-order valence-corrected chi connectivity index (χ1v) is 16.3. The number of fused-ring (bicyclic) bond motifs is 1. The molecule has 3 heterocycles. The van der Waals surface area contributed by atoms with Crippen molar-refractivity contribution in [2.24, 2.45) is 0 Å². The molecular formula is C35H42N4O4S. The molecule has 2 N–H and O–H groups in total. The number of morpholine rings is 1.